The minimum Gasteiger partial charge on any atom is -0.323 e. The second kappa shape index (κ2) is 4.53. The molecule has 1 aliphatic carbocycles. The van der Waals surface area contributed by atoms with Crippen molar-refractivity contribution >= 4 is 11.8 Å². The average Bonchev–Trinajstić information content (AvgIpc) is 2.61. The van der Waals surface area contributed by atoms with E-state index in [-0.39, 0.29) is 6.04 Å². The average molecular weight is 226 g/mol. The van der Waals surface area contributed by atoms with Gasteiger partial charge >= 0.3 is 0 Å². The van der Waals surface area contributed by atoms with E-state index in [4.69, 9.17) is 5.73 Å². The molecule has 1 fully saturated rings. The van der Waals surface area contributed by atoms with E-state index in [1.54, 1.807) is 0 Å². The Morgan fingerprint density at radius 1 is 1.67 bits per heavy atom. The molecule has 0 saturated heterocycles. The topological polar surface area (TPSA) is 56.7 Å². The van der Waals surface area contributed by atoms with E-state index in [1.165, 1.54) is 18.6 Å². The molecule has 0 aliphatic heterocycles. The summed E-state index contributed by atoms with van der Waals surface area (Å²) in [6.45, 7) is 4.14. The number of rotatable bonds is 4. The van der Waals surface area contributed by atoms with Crippen molar-refractivity contribution in [1.29, 1.82) is 0 Å². The van der Waals surface area contributed by atoms with Gasteiger partial charge in [-0.05, 0) is 25.5 Å². The molecule has 0 aromatic carbocycles. The summed E-state index contributed by atoms with van der Waals surface area (Å²) in [5.74, 6) is 1.18. The van der Waals surface area contributed by atoms with Crippen molar-refractivity contribution < 1.29 is 0 Å². The number of thioether (sulfide) groups is 1. The summed E-state index contributed by atoms with van der Waals surface area (Å²) in [5, 5.41) is 8.98. The zero-order valence-electron chi connectivity index (χ0n) is 9.26. The van der Waals surface area contributed by atoms with E-state index < -0.39 is 0 Å². The van der Waals surface area contributed by atoms with Gasteiger partial charge in [-0.25, -0.2) is 4.68 Å². The highest BCUT2D eigenvalue weighted by Crippen LogP contribution is 2.40. The Morgan fingerprint density at radius 3 is 2.93 bits per heavy atom. The molecule has 3 atom stereocenters. The minimum atomic E-state index is -0.0175. The number of nitrogens with zero attached hydrogens (tertiary/aromatic N) is 3. The van der Waals surface area contributed by atoms with Crippen LogP contribution in [0.4, 0.5) is 0 Å². The summed E-state index contributed by atoms with van der Waals surface area (Å²) in [4.78, 5) is 0. The Balaban J connectivity index is 2.03. The summed E-state index contributed by atoms with van der Waals surface area (Å²) < 4.78 is 2.00. The molecule has 0 bridgehead atoms. The second-order valence-corrected chi connectivity index (χ2v) is 5.57. The highest BCUT2D eigenvalue weighted by molar-refractivity contribution is 7.99. The number of nitrogens with two attached hydrogens (primary N) is 1. The van der Waals surface area contributed by atoms with Crippen molar-refractivity contribution in [2.24, 2.45) is 5.73 Å². The van der Waals surface area contributed by atoms with Crippen LogP contribution in [-0.2, 0) is 0 Å². The molecule has 1 saturated carbocycles. The SMILES string of the molecule is CCSC1CCC1n1cc(C(C)N)nn1. The fraction of sp³-hybridized carbons (Fsp3) is 0.800. The van der Waals surface area contributed by atoms with E-state index in [0.29, 0.717) is 6.04 Å². The third-order valence-corrected chi connectivity index (χ3v) is 4.20. The van der Waals surface area contributed by atoms with Crippen LogP contribution in [0.1, 0.15) is 44.5 Å². The van der Waals surface area contributed by atoms with E-state index in [0.717, 1.165) is 10.9 Å². The van der Waals surface area contributed by atoms with Gasteiger partial charge in [0, 0.05) is 11.3 Å². The molecule has 5 heteroatoms. The predicted molar refractivity (Wildman–Crippen MR) is 62.8 cm³/mol. The van der Waals surface area contributed by atoms with Crippen molar-refractivity contribution in [1.82, 2.24) is 15.0 Å². The van der Waals surface area contributed by atoms with Crippen LogP contribution in [0.25, 0.3) is 0 Å². The van der Waals surface area contributed by atoms with E-state index >= 15 is 0 Å². The maximum Gasteiger partial charge on any atom is 0.0991 e. The standard InChI is InChI=1S/C10H18N4S/c1-3-15-10-5-4-9(10)14-6-8(7(2)11)12-13-14/h6-7,9-10H,3-5,11H2,1-2H3. The lowest BCUT2D eigenvalue weighted by Gasteiger charge is -2.35. The van der Waals surface area contributed by atoms with Crippen LogP contribution in [0, 0.1) is 0 Å². The lowest BCUT2D eigenvalue weighted by molar-refractivity contribution is 0.297. The summed E-state index contributed by atoms with van der Waals surface area (Å²) >= 11 is 2.02. The van der Waals surface area contributed by atoms with Gasteiger partial charge in [0.25, 0.3) is 0 Å². The first-order valence-corrected chi connectivity index (χ1v) is 6.56. The van der Waals surface area contributed by atoms with Crippen molar-refractivity contribution in [3.05, 3.63) is 11.9 Å². The van der Waals surface area contributed by atoms with Gasteiger partial charge in [0.15, 0.2) is 0 Å². The van der Waals surface area contributed by atoms with E-state index in [9.17, 15) is 0 Å². The molecule has 3 unspecified atom stereocenters. The van der Waals surface area contributed by atoms with Gasteiger partial charge < -0.3 is 5.73 Å². The van der Waals surface area contributed by atoms with Crippen LogP contribution in [0.2, 0.25) is 0 Å². The Bertz CT molecular complexity index is 323. The molecule has 1 heterocycles. The smallest absolute Gasteiger partial charge is 0.0991 e. The van der Waals surface area contributed by atoms with Crippen molar-refractivity contribution in [3.63, 3.8) is 0 Å². The fourth-order valence-electron chi connectivity index (χ4n) is 1.82. The Morgan fingerprint density at radius 2 is 2.47 bits per heavy atom. The minimum absolute atomic E-state index is 0.0175. The van der Waals surface area contributed by atoms with Crippen molar-refractivity contribution in [2.75, 3.05) is 5.75 Å². The molecular weight excluding hydrogens is 208 g/mol. The second-order valence-electron chi connectivity index (χ2n) is 4.05. The van der Waals surface area contributed by atoms with Crippen LogP contribution in [0.3, 0.4) is 0 Å². The highest BCUT2D eigenvalue weighted by atomic mass is 32.2. The molecule has 1 aliphatic rings. The highest BCUT2D eigenvalue weighted by Gasteiger charge is 2.33. The maximum absolute atomic E-state index is 5.76. The Kier molecular flexibility index (Phi) is 3.31. The molecule has 84 valence electrons. The summed E-state index contributed by atoms with van der Waals surface area (Å²) in [6, 6.07) is 0.519. The summed E-state index contributed by atoms with van der Waals surface area (Å²) in [7, 11) is 0. The summed E-state index contributed by atoms with van der Waals surface area (Å²) in [6.07, 6.45) is 4.52. The third kappa shape index (κ3) is 2.18. The predicted octanol–water partition coefficient (Wildman–Crippen LogP) is 1.75. The first-order valence-electron chi connectivity index (χ1n) is 5.51. The number of hydrogen-bond acceptors (Lipinski definition) is 4. The number of hydrogen-bond donors (Lipinski definition) is 1. The third-order valence-electron chi connectivity index (χ3n) is 2.89. The molecule has 2 rings (SSSR count). The van der Waals surface area contributed by atoms with Gasteiger partial charge in [0.2, 0.25) is 0 Å². The lowest BCUT2D eigenvalue weighted by Crippen LogP contribution is -2.32. The first-order chi connectivity index (χ1) is 7.22. The van der Waals surface area contributed by atoms with Gasteiger partial charge in [0.1, 0.15) is 0 Å². The Hall–Kier alpha value is -0.550. The van der Waals surface area contributed by atoms with E-state index in [2.05, 4.69) is 17.2 Å². The molecule has 15 heavy (non-hydrogen) atoms. The van der Waals surface area contributed by atoms with Crippen LogP contribution in [0.15, 0.2) is 6.20 Å². The van der Waals surface area contributed by atoms with Crippen molar-refractivity contribution in [2.45, 2.75) is 44.0 Å². The molecule has 0 radical (unpaired) electrons. The maximum atomic E-state index is 5.76. The molecule has 1 aromatic rings. The molecule has 2 N–H and O–H groups in total. The van der Waals surface area contributed by atoms with Gasteiger partial charge in [-0.15, -0.1) is 5.10 Å². The normalized spacial score (nSPS) is 27.4. The zero-order valence-corrected chi connectivity index (χ0v) is 10.1. The molecular formula is C10H18N4S. The molecule has 0 spiro atoms. The summed E-state index contributed by atoms with van der Waals surface area (Å²) in [5.41, 5.74) is 6.65. The van der Waals surface area contributed by atoms with Gasteiger partial charge in [-0.1, -0.05) is 12.1 Å². The largest absolute Gasteiger partial charge is 0.323 e. The molecule has 4 nitrogen and oxygen atoms in total. The first kappa shape index (κ1) is 11.0. The van der Waals surface area contributed by atoms with E-state index in [1.807, 2.05) is 29.6 Å². The molecule has 1 aromatic heterocycles. The lowest BCUT2D eigenvalue weighted by atomic mass is 9.92. The number of aromatic nitrogens is 3. The molecule has 0 amide bonds. The van der Waals surface area contributed by atoms with Crippen LogP contribution >= 0.6 is 11.8 Å². The Labute approximate surface area is 94.6 Å². The van der Waals surface area contributed by atoms with Crippen LogP contribution in [0.5, 0.6) is 0 Å². The van der Waals surface area contributed by atoms with Crippen molar-refractivity contribution in [3.8, 4) is 0 Å². The van der Waals surface area contributed by atoms with Crippen LogP contribution < -0.4 is 5.73 Å². The van der Waals surface area contributed by atoms with Gasteiger partial charge in [-0.2, -0.15) is 11.8 Å². The fourth-order valence-corrected chi connectivity index (χ4v) is 3.04. The zero-order chi connectivity index (χ0) is 10.8. The van der Waals surface area contributed by atoms with Gasteiger partial charge in [-0.3, -0.25) is 0 Å². The van der Waals surface area contributed by atoms with Crippen LogP contribution in [-0.4, -0.2) is 26.0 Å². The monoisotopic (exact) mass is 226 g/mol. The quantitative estimate of drug-likeness (QED) is 0.850. The van der Waals surface area contributed by atoms with Gasteiger partial charge in [0.05, 0.1) is 17.9 Å².